The zero-order chi connectivity index (χ0) is 15.2. The summed E-state index contributed by atoms with van der Waals surface area (Å²) < 4.78 is 1.17. The predicted octanol–water partition coefficient (Wildman–Crippen LogP) is 0.641. The molecule has 8 nitrogen and oxygen atoms in total. The van der Waals surface area contributed by atoms with Crippen LogP contribution in [-0.4, -0.2) is 32.3 Å². The van der Waals surface area contributed by atoms with Gasteiger partial charge in [0.05, 0.1) is 17.6 Å². The molecule has 2 N–H and O–H groups in total. The Morgan fingerprint density at radius 2 is 2.14 bits per heavy atom. The normalized spacial score (nSPS) is 11.9. The van der Waals surface area contributed by atoms with Crippen molar-refractivity contribution in [3.8, 4) is 0 Å². The molecule has 21 heavy (non-hydrogen) atoms. The van der Waals surface area contributed by atoms with Crippen LogP contribution in [0.2, 0.25) is 0 Å². The molecule has 1 heterocycles. The van der Waals surface area contributed by atoms with Gasteiger partial charge in [0.25, 0.3) is 0 Å². The molecule has 0 aliphatic carbocycles. The van der Waals surface area contributed by atoms with Gasteiger partial charge in [-0.15, -0.1) is 0 Å². The number of carbonyl (C=O) groups excluding carboxylic acids is 1. The average molecular weight is 290 g/mol. The number of amides is 1. The van der Waals surface area contributed by atoms with Gasteiger partial charge in [0.1, 0.15) is 18.9 Å². The van der Waals surface area contributed by atoms with E-state index in [4.69, 9.17) is 0 Å². The van der Waals surface area contributed by atoms with Gasteiger partial charge in [-0.3, -0.25) is 19.6 Å². The molecule has 1 unspecified atom stereocenters. The molecule has 0 aliphatic heterocycles. The van der Waals surface area contributed by atoms with E-state index < -0.39 is 16.9 Å². The molecule has 2 aromatic rings. The molecule has 0 fully saturated rings. The van der Waals surface area contributed by atoms with Crippen molar-refractivity contribution < 1.29 is 14.8 Å². The van der Waals surface area contributed by atoms with E-state index in [0.29, 0.717) is 0 Å². The smallest absolute Gasteiger partial charge is 0.307 e. The lowest BCUT2D eigenvalue weighted by Crippen LogP contribution is -2.33. The van der Waals surface area contributed by atoms with E-state index in [0.717, 1.165) is 11.8 Å². The third-order valence-corrected chi connectivity index (χ3v) is 2.86. The molecule has 1 amide bonds. The number of nitrogens with zero attached hydrogens (tertiary/aromatic N) is 3. The Hall–Kier alpha value is -2.74. The van der Waals surface area contributed by atoms with Gasteiger partial charge in [0.2, 0.25) is 5.91 Å². The highest BCUT2D eigenvalue weighted by atomic mass is 16.6. The zero-order valence-corrected chi connectivity index (χ0v) is 11.0. The van der Waals surface area contributed by atoms with Crippen LogP contribution in [0.5, 0.6) is 0 Å². The Bertz CT molecular complexity index is 626. The minimum atomic E-state index is -0.581. The minimum absolute atomic E-state index is 0.156. The van der Waals surface area contributed by atoms with Crippen molar-refractivity contribution in [3.63, 3.8) is 0 Å². The largest absolute Gasteiger partial charge is 0.394 e. The number of hydrogen-bond donors (Lipinski definition) is 2. The lowest BCUT2D eigenvalue weighted by Gasteiger charge is -2.16. The summed E-state index contributed by atoms with van der Waals surface area (Å²) in [6, 6.07) is 8.51. The van der Waals surface area contributed by atoms with Crippen molar-refractivity contribution >= 4 is 11.6 Å². The highest BCUT2D eigenvalue weighted by Crippen LogP contribution is 2.12. The molecule has 0 bridgehead atoms. The van der Waals surface area contributed by atoms with Crippen LogP contribution in [0.3, 0.4) is 0 Å². The van der Waals surface area contributed by atoms with Crippen LogP contribution in [0.25, 0.3) is 0 Å². The number of benzene rings is 1. The maximum atomic E-state index is 11.9. The van der Waals surface area contributed by atoms with Crippen LogP contribution in [-0.2, 0) is 11.3 Å². The van der Waals surface area contributed by atoms with E-state index in [2.05, 4.69) is 10.4 Å². The maximum Gasteiger partial charge on any atom is 0.307 e. The summed E-state index contributed by atoms with van der Waals surface area (Å²) in [7, 11) is 0. The maximum absolute atomic E-state index is 11.9. The van der Waals surface area contributed by atoms with Gasteiger partial charge in [-0.25, -0.2) is 0 Å². The van der Waals surface area contributed by atoms with E-state index in [1.807, 2.05) is 6.07 Å². The lowest BCUT2D eigenvalue weighted by molar-refractivity contribution is -0.385. The molecule has 0 saturated carbocycles. The first-order valence-electron chi connectivity index (χ1n) is 6.22. The topological polar surface area (TPSA) is 110 Å². The Kier molecular flexibility index (Phi) is 4.62. The van der Waals surface area contributed by atoms with E-state index in [-0.39, 0.29) is 18.8 Å². The lowest BCUT2D eigenvalue weighted by atomic mass is 10.1. The molecule has 1 atom stereocenters. The molecule has 0 radical (unpaired) electrons. The summed E-state index contributed by atoms with van der Waals surface area (Å²) in [4.78, 5) is 21.8. The fourth-order valence-corrected chi connectivity index (χ4v) is 1.84. The Morgan fingerprint density at radius 3 is 2.71 bits per heavy atom. The molecule has 0 saturated heterocycles. The van der Waals surface area contributed by atoms with Gasteiger partial charge >= 0.3 is 5.69 Å². The van der Waals surface area contributed by atoms with Crippen molar-refractivity contribution in [1.82, 2.24) is 15.1 Å². The Morgan fingerprint density at radius 1 is 1.43 bits per heavy atom. The van der Waals surface area contributed by atoms with Gasteiger partial charge in [-0.2, -0.15) is 5.10 Å². The summed E-state index contributed by atoms with van der Waals surface area (Å²) in [5.74, 6) is -0.393. The third-order valence-electron chi connectivity index (χ3n) is 2.86. The fraction of sp³-hybridized carbons (Fsp3) is 0.231. The summed E-state index contributed by atoms with van der Waals surface area (Å²) in [6.07, 6.45) is 2.25. The number of hydrogen-bond acceptors (Lipinski definition) is 5. The molecule has 8 heteroatoms. The van der Waals surface area contributed by atoms with Crippen LogP contribution in [0, 0.1) is 10.1 Å². The van der Waals surface area contributed by atoms with E-state index >= 15 is 0 Å². The number of aliphatic hydroxyl groups is 1. The van der Waals surface area contributed by atoms with Crippen molar-refractivity contribution in [2.24, 2.45) is 0 Å². The van der Waals surface area contributed by atoms with Gasteiger partial charge in [-0.1, -0.05) is 30.3 Å². The molecule has 2 rings (SSSR count). The summed E-state index contributed by atoms with van der Waals surface area (Å²) in [6.45, 7) is -0.397. The van der Waals surface area contributed by atoms with Gasteiger partial charge in [0, 0.05) is 0 Å². The number of carbonyl (C=O) groups is 1. The van der Waals surface area contributed by atoms with Crippen LogP contribution in [0.1, 0.15) is 11.6 Å². The zero-order valence-electron chi connectivity index (χ0n) is 11.0. The molecule has 1 aromatic carbocycles. The minimum Gasteiger partial charge on any atom is -0.394 e. The summed E-state index contributed by atoms with van der Waals surface area (Å²) >= 11 is 0. The highest BCUT2D eigenvalue weighted by molar-refractivity contribution is 5.76. The average Bonchev–Trinajstić information content (AvgIpc) is 2.94. The van der Waals surface area contributed by atoms with Crippen LogP contribution in [0.4, 0.5) is 5.69 Å². The Labute approximate surface area is 120 Å². The first-order valence-corrected chi connectivity index (χ1v) is 6.22. The number of nitrogens with one attached hydrogen (secondary N) is 1. The highest BCUT2D eigenvalue weighted by Gasteiger charge is 2.15. The van der Waals surface area contributed by atoms with Crippen molar-refractivity contribution in [2.75, 3.05) is 6.61 Å². The number of rotatable bonds is 6. The van der Waals surface area contributed by atoms with Gasteiger partial charge in [0.15, 0.2) is 0 Å². The third kappa shape index (κ3) is 3.86. The first kappa shape index (κ1) is 14.7. The second kappa shape index (κ2) is 6.62. The monoisotopic (exact) mass is 290 g/mol. The molecule has 0 spiro atoms. The quantitative estimate of drug-likeness (QED) is 0.599. The van der Waals surface area contributed by atoms with Crippen molar-refractivity contribution in [2.45, 2.75) is 12.6 Å². The van der Waals surface area contributed by atoms with E-state index in [1.165, 1.54) is 10.9 Å². The molecular formula is C13H14N4O4. The molecule has 1 aromatic heterocycles. The van der Waals surface area contributed by atoms with Gasteiger partial charge in [-0.05, 0) is 5.56 Å². The molecular weight excluding hydrogens is 276 g/mol. The SMILES string of the molecule is O=C(Cn1cc([N+](=O)[O-])cn1)NC(CO)c1ccccc1. The van der Waals surface area contributed by atoms with Crippen LogP contribution >= 0.6 is 0 Å². The first-order chi connectivity index (χ1) is 10.1. The standard InChI is InChI=1S/C13H14N4O4/c18-9-12(10-4-2-1-3-5-10)15-13(19)8-16-7-11(6-14-16)17(20)21/h1-7,12,18H,8-9H2,(H,15,19). The number of aromatic nitrogens is 2. The number of nitro groups is 1. The molecule has 110 valence electrons. The van der Waals surface area contributed by atoms with Gasteiger partial charge < -0.3 is 10.4 Å². The predicted molar refractivity (Wildman–Crippen MR) is 73.3 cm³/mol. The van der Waals surface area contributed by atoms with Crippen LogP contribution < -0.4 is 5.32 Å². The van der Waals surface area contributed by atoms with Crippen molar-refractivity contribution in [1.29, 1.82) is 0 Å². The van der Waals surface area contributed by atoms with E-state index in [9.17, 15) is 20.0 Å². The van der Waals surface area contributed by atoms with Crippen LogP contribution in [0.15, 0.2) is 42.7 Å². The second-order valence-corrected chi connectivity index (χ2v) is 4.37. The summed E-state index contributed by atoms with van der Waals surface area (Å²) in [5, 5.41) is 26.3. The van der Waals surface area contributed by atoms with Crippen molar-refractivity contribution in [3.05, 3.63) is 58.4 Å². The molecule has 0 aliphatic rings. The Balaban J connectivity index is 1.98. The van der Waals surface area contributed by atoms with E-state index in [1.54, 1.807) is 24.3 Å². The second-order valence-electron chi connectivity index (χ2n) is 4.37. The summed E-state index contributed by atoms with van der Waals surface area (Å²) in [5.41, 5.74) is 0.601. The fourth-order valence-electron chi connectivity index (χ4n) is 1.84. The number of aliphatic hydroxyl groups excluding tert-OH is 1.